The lowest BCUT2D eigenvalue weighted by Crippen LogP contribution is -2.23. The van der Waals surface area contributed by atoms with Crippen LogP contribution in [0.4, 0.5) is 5.95 Å². The van der Waals surface area contributed by atoms with E-state index in [2.05, 4.69) is 46.1 Å². The summed E-state index contributed by atoms with van der Waals surface area (Å²) in [5, 5.41) is 0. The zero-order valence-electron chi connectivity index (χ0n) is 12.4. The van der Waals surface area contributed by atoms with E-state index in [4.69, 9.17) is 0 Å². The van der Waals surface area contributed by atoms with Gasteiger partial charge in [-0.3, -0.25) is 9.78 Å². The van der Waals surface area contributed by atoms with Gasteiger partial charge in [-0.1, -0.05) is 29.8 Å². The summed E-state index contributed by atoms with van der Waals surface area (Å²) in [6.45, 7) is 4.02. The molecule has 1 aliphatic heterocycles. The van der Waals surface area contributed by atoms with E-state index in [0.29, 0.717) is 10.6 Å². The first-order chi connectivity index (χ1) is 10.7. The number of nitrogens with zero attached hydrogens (tertiary/aromatic N) is 2. The van der Waals surface area contributed by atoms with E-state index in [1.165, 1.54) is 29.7 Å². The fourth-order valence-electron chi connectivity index (χ4n) is 2.87. The Morgan fingerprint density at radius 2 is 1.91 bits per heavy atom. The lowest BCUT2D eigenvalue weighted by atomic mass is 10.1. The minimum Gasteiger partial charge on any atom is -0.342 e. The van der Waals surface area contributed by atoms with Gasteiger partial charge in [0.15, 0.2) is 0 Å². The van der Waals surface area contributed by atoms with Gasteiger partial charge in [0.25, 0.3) is 5.56 Å². The number of aryl methyl sites for hydroxylation is 1. The molecule has 5 heteroatoms. The van der Waals surface area contributed by atoms with Crippen molar-refractivity contribution < 1.29 is 0 Å². The number of thiophene rings is 1. The summed E-state index contributed by atoms with van der Waals surface area (Å²) in [5.74, 6) is 0.711. The molecule has 0 radical (unpaired) electrons. The molecular weight excluding hydrogens is 294 g/mol. The number of rotatable bonds is 2. The molecule has 3 heterocycles. The van der Waals surface area contributed by atoms with Crippen LogP contribution >= 0.6 is 11.3 Å². The van der Waals surface area contributed by atoms with Crippen LogP contribution in [0, 0.1) is 6.92 Å². The second kappa shape index (κ2) is 5.25. The lowest BCUT2D eigenvalue weighted by molar-refractivity contribution is 0.901. The van der Waals surface area contributed by atoms with Gasteiger partial charge in [0.1, 0.15) is 4.70 Å². The average molecular weight is 311 g/mol. The number of anilines is 1. The van der Waals surface area contributed by atoms with Crippen LogP contribution in [0.1, 0.15) is 18.4 Å². The van der Waals surface area contributed by atoms with Crippen LogP contribution < -0.4 is 10.5 Å². The van der Waals surface area contributed by atoms with Crippen LogP contribution in [-0.4, -0.2) is 23.1 Å². The van der Waals surface area contributed by atoms with Crippen molar-refractivity contribution in [2.24, 2.45) is 0 Å². The summed E-state index contributed by atoms with van der Waals surface area (Å²) in [6.07, 6.45) is 2.33. The predicted octanol–water partition coefficient (Wildman–Crippen LogP) is 3.56. The van der Waals surface area contributed by atoms with Gasteiger partial charge in [-0.15, -0.1) is 11.3 Å². The van der Waals surface area contributed by atoms with Crippen molar-refractivity contribution in [3.05, 3.63) is 46.2 Å². The summed E-state index contributed by atoms with van der Waals surface area (Å²) in [5.41, 5.74) is 3.13. The highest BCUT2D eigenvalue weighted by atomic mass is 32.1. The molecule has 1 fully saturated rings. The molecule has 22 heavy (non-hydrogen) atoms. The minimum atomic E-state index is -0.0322. The van der Waals surface area contributed by atoms with Gasteiger partial charge in [0.05, 0.1) is 5.52 Å². The van der Waals surface area contributed by atoms with Crippen molar-refractivity contribution >= 4 is 27.5 Å². The standard InChI is InChI=1S/C17H17N3OS/c1-11-4-6-12(7-5-11)14-10-13-15(22-14)16(21)19-17(18-13)20-8-2-3-9-20/h4-7,10H,2-3,8-9H2,1H3,(H,18,19,21). The molecule has 3 aromatic rings. The SMILES string of the molecule is Cc1ccc(-c2cc3nc(N4CCCC4)[nH]c(=O)c3s2)cc1. The highest BCUT2D eigenvalue weighted by Crippen LogP contribution is 2.31. The number of fused-ring (bicyclic) bond motifs is 1. The molecule has 1 N–H and O–H groups in total. The first-order valence-corrected chi connectivity index (χ1v) is 8.38. The summed E-state index contributed by atoms with van der Waals surface area (Å²) >= 11 is 1.51. The maximum absolute atomic E-state index is 12.3. The van der Waals surface area contributed by atoms with E-state index in [9.17, 15) is 4.79 Å². The Kier molecular flexibility index (Phi) is 3.22. The van der Waals surface area contributed by atoms with Crippen molar-refractivity contribution in [1.29, 1.82) is 0 Å². The van der Waals surface area contributed by atoms with Gasteiger partial charge < -0.3 is 4.90 Å². The maximum atomic E-state index is 12.3. The number of benzene rings is 1. The molecule has 4 nitrogen and oxygen atoms in total. The van der Waals surface area contributed by atoms with Crippen LogP contribution in [0.5, 0.6) is 0 Å². The molecule has 4 rings (SSSR count). The van der Waals surface area contributed by atoms with Crippen LogP contribution in [0.15, 0.2) is 35.1 Å². The topological polar surface area (TPSA) is 49.0 Å². The summed E-state index contributed by atoms with van der Waals surface area (Å²) in [7, 11) is 0. The smallest absolute Gasteiger partial charge is 0.270 e. The third kappa shape index (κ3) is 2.31. The number of aromatic nitrogens is 2. The van der Waals surface area contributed by atoms with Gasteiger partial charge in [-0.25, -0.2) is 4.98 Å². The number of aromatic amines is 1. The van der Waals surface area contributed by atoms with Crippen LogP contribution in [0.3, 0.4) is 0 Å². The second-order valence-corrected chi connectivity index (χ2v) is 6.83. The highest BCUT2D eigenvalue weighted by molar-refractivity contribution is 7.22. The zero-order valence-corrected chi connectivity index (χ0v) is 13.2. The molecule has 2 aromatic heterocycles. The fourth-order valence-corrected chi connectivity index (χ4v) is 3.86. The van der Waals surface area contributed by atoms with Gasteiger partial charge >= 0.3 is 0 Å². The summed E-state index contributed by atoms with van der Waals surface area (Å²) < 4.78 is 0.707. The summed E-state index contributed by atoms with van der Waals surface area (Å²) in [6, 6.07) is 10.4. The molecule has 0 aliphatic carbocycles. The normalized spacial score (nSPS) is 14.9. The minimum absolute atomic E-state index is 0.0322. The molecule has 0 spiro atoms. The maximum Gasteiger partial charge on any atom is 0.270 e. The Morgan fingerprint density at radius 1 is 1.18 bits per heavy atom. The largest absolute Gasteiger partial charge is 0.342 e. The zero-order chi connectivity index (χ0) is 15.1. The number of hydrogen-bond donors (Lipinski definition) is 1. The van der Waals surface area contributed by atoms with E-state index in [1.807, 2.05) is 6.07 Å². The van der Waals surface area contributed by atoms with E-state index < -0.39 is 0 Å². The van der Waals surface area contributed by atoms with Crippen molar-refractivity contribution in [2.45, 2.75) is 19.8 Å². The third-order valence-corrected chi connectivity index (χ3v) is 5.28. The predicted molar refractivity (Wildman–Crippen MR) is 91.9 cm³/mol. The van der Waals surface area contributed by atoms with Gasteiger partial charge in [-0.2, -0.15) is 0 Å². The van der Waals surface area contributed by atoms with Gasteiger partial charge in [-0.05, 0) is 31.4 Å². The summed E-state index contributed by atoms with van der Waals surface area (Å²) in [4.78, 5) is 23.2. The van der Waals surface area contributed by atoms with Crippen LogP contribution in [0.25, 0.3) is 20.7 Å². The number of H-pyrrole nitrogens is 1. The van der Waals surface area contributed by atoms with Crippen LogP contribution in [-0.2, 0) is 0 Å². The van der Waals surface area contributed by atoms with E-state index in [-0.39, 0.29) is 5.56 Å². The van der Waals surface area contributed by atoms with Crippen molar-refractivity contribution in [1.82, 2.24) is 9.97 Å². The van der Waals surface area contributed by atoms with Crippen molar-refractivity contribution in [2.75, 3.05) is 18.0 Å². The molecular formula is C17H17N3OS. The van der Waals surface area contributed by atoms with Crippen molar-refractivity contribution in [3.63, 3.8) is 0 Å². The lowest BCUT2D eigenvalue weighted by Gasteiger charge is -2.14. The molecule has 112 valence electrons. The van der Waals surface area contributed by atoms with E-state index >= 15 is 0 Å². The number of hydrogen-bond acceptors (Lipinski definition) is 4. The molecule has 1 aliphatic rings. The molecule has 0 unspecified atom stereocenters. The van der Waals surface area contributed by atoms with Gasteiger partial charge in [0, 0.05) is 18.0 Å². The first kappa shape index (κ1) is 13.5. The molecule has 1 saturated heterocycles. The van der Waals surface area contributed by atoms with Crippen LogP contribution in [0.2, 0.25) is 0 Å². The Morgan fingerprint density at radius 3 is 2.64 bits per heavy atom. The molecule has 1 aromatic carbocycles. The molecule has 0 bridgehead atoms. The van der Waals surface area contributed by atoms with Crippen molar-refractivity contribution in [3.8, 4) is 10.4 Å². The molecule has 0 saturated carbocycles. The monoisotopic (exact) mass is 311 g/mol. The molecule has 0 amide bonds. The molecule has 0 atom stereocenters. The van der Waals surface area contributed by atoms with E-state index in [0.717, 1.165) is 29.0 Å². The van der Waals surface area contributed by atoms with E-state index in [1.54, 1.807) is 0 Å². The Labute approximate surface area is 132 Å². The fraction of sp³-hybridized carbons (Fsp3) is 0.294. The second-order valence-electron chi connectivity index (χ2n) is 5.77. The van der Waals surface area contributed by atoms with Gasteiger partial charge in [0.2, 0.25) is 5.95 Å². The highest BCUT2D eigenvalue weighted by Gasteiger charge is 2.17. The Balaban J connectivity index is 1.81. The Hall–Kier alpha value is -2.14. The first-order valence-electron chi connectivity index (χ1n) is 7.56. The number of nitrogens with one attached hydrogen (secondary N) is 1. The Bertz CT molecular complexity index is 873. The average Bonchev–Trinajstić information content (AvgIpc) is 3.17. The quantitative estimate of drug-likeness (QED) is 0.787. The third-order valence-electron chi connectivity index (χ3n) is 4.11.